The van der Waals surface area contributed by atoms with Gasteiger partial charge >= 0.3 is 11.9 Å². The van der Waals surface area contributed by atoms with Crippen molar-refractivity contribution in [1.82, 2.24) is 0 Å². The van der Waals surface area contributed by atoms with E-state index in [9.17, 15) is 14.4 Å². The second-order valence-electron chi connectivity index (χ2n) is 8.03. The predicted octanol–water partition coefficient (Wildman–Crippen LogP) is 5.39. The lowest BCUT2D eigenvalue weighted by Gasteiger charge is -2.29. The van der Waals surface area contributed by atoms with Gasteiger partial charge in [-0.3, -0.25) is 4.79 Å². The maximum Gasteiger partial charge on any atom is 0.379 e. The summed E-state index contributed by atoms with van der Waals surface area (Å²) in [6, 6.07) is 12.5. The Morgan fingerprint density at radius 2 is 1.35 bits per heavy atom. The van der Waals surface area contributed by atoms with Crippen LogP contribution in [0.5, 0.6) is 0 Å². The largest absolute Gasteiger partial charge is 0.458 e. The molecule has 0 aliphatic rings. The van der Waals surface area contributed by atoms with E-state index in [0.717, 1.165) is 16.7 Å². The minimum absolute atomic E-state index is 0.264. The van der Waals surface area contributed by atoms with Gasteiger partial charge in [0, 0.05) is 11.5 Å². The van der Waals surface area contributed by atoms with Gasteiger partial charge in [-0.05, 0) is 56.9 Å². The molecular weight excluding hydrogens is 392 g/mol. The van der Waals surface area contributed by atoms with Crippen LogP contribution in [0.2, 0.25) is 0 Å². The van der Waals surface area contributed by atoms with Gasteiger partial charge in [0.05, 0.1) is 5.56 Å². The number of esters is 2. The van der Waals surface area contributed by atoms with Gasteiger partial charge < -0.3 is 9.47 Å². The first-order valence-corrected chi connectivity index (χ1v) is 10.8. The molecule has 0 aliphatic carbocycles. The lowest BCUT2D eigenvalue weighted by atomic mass is 9.93. The van der Waals surface area contributed by atoms with Crippen LogP contribution in [0.25, 0.3) is 0 Å². The lowest BCUT2D eigenvalue weighted by Crippen LogP contribution is -2.37. The number of carbonyl (C=O) groups excluding carboxylic acids is 3. The van der Waals surface area contributed by atoms with Crippen molar-refractivity contribution in [2.24, 2.45) is 5.92 Å². The van der Waals surface area contributed by atoms with Crippen LogP contribution < -0.4 is 0 Å². The number of rotatable bonds is 9. The molecule has 5 nitrogen and oxygen atoms in total. The molecule has 0 fully saturated rings. The van der Waals surface area contributed by atoms with Crippen LogP contribution in [0.4, 0.5) is 0 Å². The summed E-state index contributed by atoms with van der Waals surface area (Å²) in [7, 11) is 0. The van der Waals surface area contributed by atoms with E-state index in [2.05, 4.69) is 0 Å². The van der Waals surface area contributed by atoms with Crippen molar-refractivity contribution < 1.29 is 23.9 Å². The van der Waals surface area contributed by atoms with Gasteiger partial charge in [0.25, 0.3) is 5.78 Å². The van der Waals surface area contributed by atoms with Crippen LogP contribution in [0.1, 0.15) is 71.0 Å². The van der Waals surface area contributed by atoms with Crippen LogP contribution in [0, 0.1) is 26.7 Å². The van der Waals surface area contributed by atoms with E-state index in [1.165, 1.54) is 0 Å². The predicted molar refractivity (Wildman–Crippen MR) is 120 cm³/mol. The topological polar surface area (TPSA) is 69.7 Å². The van der Waals surface area contributed by atoms with Crippen LogP contribution >= 0.6 is 0 Å². The molecule has 3 unspecified atom stereocenters. The van der Waals surface area contributed by atoms with E-state index in [1.807, 2.05) is 59.7 Å². The molecule has 2 aromatic rings. The Balaban J connectivity index is 2.12. The Morgan fingerprint density at radius 1 is 0.839 bits per heavy atom. The van der Waals surface area contributed by atoms with Gasteiger partial charge in [0.2, 0.25) is 0 Å². The summed E-state index contributed by atoms with van der Waals surface area (Å²) < 4.78 is 11.3. The average molecular weight is 425 g/mol. The molecule has 0 aliphatic heterocycles. The molecular formula is C26H32O5. The summed E-state index contributed by atoms with van der Waals surface area (Å²) in [4.78, 5) is 38.0. The first-order chi connectivity index (χ1) is 14.7. The van der Waals surface area contributed by atoms with E-state index >= 15 is 0 Å². The molecule has 0 bridgehead atoms. The molecule has 31 heavy (non-hydrogen) atoms. The quantitative estimate of drug-likeness (QED) is 0.307. The summed E-state index contributed by atoms with van der Waals surface area (Å²) in [6.07, 6.45) is 0.0861. The zero-order valence-electron chi connectivity index (χ0n) is 19.2. The maximum atomic E-state index is 12.8. The first kappa shape index (κ1) is 24.3. The smallest absolute Gasteiger partial charge is 0.379 e. The number of hydrogen-bond acceptors (Lipinski definition) is 5. The summed E-state index contributed by atoms with van der Waals surface area (Å²) in [5.74, 6) is -2.20. The van der Waals surface area contributed by atoms with E-state index in [4.69, 9.17) is 9.47 Å². The molecule has 3 atom stereocenters. The van der Waals surface area contributed by atoms with Gasteiger partial charge in [-0.15, -0.1) is 0 Å². The molecule has 0 saturated carbocycles. The Bertz CT molecular complexity index is 909. The van der Waals surface area contributed by atoms with Crippen LogP contribution in [0.3, 0.4) is 0 Å². The molecule has 0 amide bonds. The molecule has 2 aromatic carbocycles. The summed E-state index contributed by atoms with van der Waals surface area (Å²) in [5, 5.41) is 0. The third kappa shape index (κ3) is 6.03. The Hall–Kier alpha value is -2.95. The van der Waals surface area contributed by atoms with E-state index in [-0.39, 0.29) is 5.92 Å². The monoisotopic (exact) mass is 424 g/mol. The molecule has 5 heteroatoms. The number of hydrogen-bond donors (Lipinski definition) is 0. The average Bonchev–Trinajstić information content (AvgIpc) is 2.74. The molecule has 2 rings (SSSR count). The number of carbonyl (C=O) groups is 3. The zero-order valence-corrected chi connectivity index (χ0v) is 19.2. The number of benzene rings is 2. The molecule has 0 N–H and O–H groups in total. The summed E-state index contributed by atoms with van der Waals surface area (Å²) in [6.45, 7) is 11.3. The van der Waals surface area contributed by atoms with Crippen molar-refractivity contribution in [3.8, 4) is 0 Å². The van der Waals surface area contributed by atoms with Gasteiger partial charge in [-0.2, -0.15) is 0 Å². The molecule has 0 heterocycles. The SMILES string of the molecule is CCC(OC(=O)C(=O)c1c(C)cc(C)cc1C)C(C)C(CC)OC(=O)c1ccccc1. The Morgan fingerprint density at radius 3 is 1.87 bits per heavy atom. The van der Waals surface area contributed by atoms with E-state index in [1.54, 1.807) is 24.3 Å². The highest BCUT2D eigenvalue weighted by molar-refractivity contribution is 6.41. The third-order valence-corrected chi connectivity index (χ3v) is 5.59. The highest BCUT2D eigenvalue weighted by atomic mass is 16.6. The fraction of sp³-hybridized carbons (Fsp3) is 0.423. The van der Waals surface area contributed by atoms with Crippen molar-refractivity contribution in [2.75, 3.05) is 0 Å². The fourth-order valence-corrected chi connectivity index (χ4v) is 3.98. The van der Waals surface area contributed by atoms with Crippen LogP contribution in [-0.2, 0) is 14.3 Å². The van der Waals surface area contributed by atoms with Crippen molar-refractivity contribution in [3.05, 3.63) is 70.3 Å². The van der Waals surface area contributed by atoms with Crippen LogP contribution in [-0.4, -0.2) is 29.9 Å². The molecule has 0 saturated heterocycles. The lowest BCUT2D eigenvalue weighted by molar-refractivity contribution is -0.148. The fourth-order valence-electron chi connectivity index (χ4n) is 3.98. The van der Waals surface area contributed by atoms with Crippen molar-refractivity contribution in [2.45, 2.75) is 66.6 Å². The summed E-state index contributed by atoms with van der Waals surface area (Å²) in [5.41, 5.74) is 3.40. The molecule has 166 valence electrons. The maximum absolute atomic E-state index is 12.8. The normalized spacial score (nSPS) is 13.7. The molecule has 0 aromatic heterocycles. The van der Waals surface area contributed by atoms with Gasteiger partial charge in [0.15, 0.2) is 0 Å². The van der Waals surface area contributed by atoms with E-state index in [0.29, 0.717) is 24.0 Å². The number of ketones is 1. The van der Waals surface area contributed by atoms with Crippen molar-refractivity contribution in [3.63, 3.8) is 0 Å². The second kappa shape index (κ2) is 10.9. The highest BCUT2D eigenvalue weighted by Crippen LogP contribution is 2.23. The number of ether oxygens (including phenoxy) is 2. The zero-order chi connectivity index (χ0) is 23.1. The Kier molecular flexibility index (Phi) is 8.55. The highest BCUT2D eigenvalue weighted by Gasteiger charge is 2.32. The minimum Gasteiger partial charge on any atom is -0.458 e. The second-order valence-corrected chi connectivity index (χ2v) is 8.03. The molecule has 0 spiro atoms. The van der Waals surface area contributed by atoms with Crippen molar-refractivity contribution >= 4 is 17.7 Å². The van der Waals surface area contributed by atoms with Crippen molar-refractivity contribution in [1.29, 1.82) is 0 Å². The third-order valence-electron chi connectivity index (χ3n) is 5.59. The van der Waals surface area contributed by atoms with E-state index < -0.39 is 29.9 Å². The van der Waals surface area contributed by atoms with Gasteiger partial charge in [-0.25, -0.2) is 9.59 Å². The van der Waals surface area contributed by atoms with Crippen LogP contribution in [0.15, 0.2) is 42.5 Å². The standard InChI is InChI=1S/C26H32O5/c1-7-21(30-25(28)20-12-10-9-11-13-20)19(6)22(8-2)31-26(29)24(27)23-17(4)14-16(3)15-18(23)5/h9-15,19,21-22H,7-8H2,1-6H3. The number of Topliss-reactive ketones (excluding diaryl/α,β-unsaturated/α-hetero) is 1. The van der Waals surface area contributed by atoms with Gasteiger partial charge in [0.1, 0.15) is 12.2 Å². The minimum atomic E-state index is -0.877. The Labute approximate surface area is 184 Å². The first-order valence-electron chi connectivity index (χ1n) is 10.8. The number of aryl methyl sites for hydroxylation is 3. The summed E-state index contributed by atoms with van der Waals surface area (Å²) >= 11 is 0. The van der Waals surface area contributed by atoms with Gasteiger partial charge in [-0.1, -0.05) is 56.7 Å². The molecule has 0 radical (unpaired) electrons.